The molecule has 2 aliphatic rings. The molecule has 8 heteroatoms. The van der Waals surface area contributed by atoms with Crippen LogP contribution in [0.4, 0.5) is 0 Å². The lowest BCUT2D eigenvalue weighted by Crippen LogP contribution is -2.30. The molecule has 2 unspecified atom stereocenters. The van der Waals surface area contributed by atoms with Crippen molar-refractivity contribution >= 4 is 16.7 Å². The fourth-order valence-electron chi connectivity index (χ4n) is 4.93. The summed E-state index contributed by atoms with van der Waals surface area (Å²) < 4.78 is 15.1. The highest BCUT2D eigenvalue weighted by molar-refractivity contribution is 5.79. The Bertz CT molecular complexity index is 1380. The highest BCUT2D eigenvalue weighted by atomic mass is 16.5. The summed E-state index contributed by atoms with van der Waals surface area (Å²) in [5, 5.41) is 5.24. The molecule has 1 aliphatic carbocycles. The van der Waals surface area contributed by atoms with E-state index >= 15 is 0 Å². The van der Waals surface area contributed by atoms with Gasteiger partial charge in [0.25, 0.3) is 11.3 Å². The molecule has 164 valence electrons. The minimum Gasteiger partial charge on any atom is -0.490 e. The lowest BCUT2D eigenvalue weighted by Gasteiger charge is -2.30. The Labute approximate surface area is 184 Å². The Morgan fingerprint density at radius 1 is 1.03 bits per heavy atom. The topological polar surface area (TPSA) is 83.5 Å². The summed E-state index contributed by atoms with van der Waals surface area (Å²) in [7, 11) is 0. The van der Waals surface area contributed by atoms with Gasteiger partial charge in [-0.25, -0.2) is 4.98 Å². The van der Waals surface area contributed by atoms with Gasteiger partial charge in [-0.2, -0.15) is 9.50 Å². The molecular weight excluding hydrogens is 406 g/mol. The van der Waals surface area contributed by atoms with E-state index in [0.29, 0.717) is 47.4 Å². The second-order valence-electron chi connectivity index (χ2n) is 8.77. The van der Waals surface area contributed by atoms with Crippen LogP contribution >= 0.6 is 0 Å². The zero-order valence-corrected chi connectivity index (χ0v) is 18.0. The fourth-order valence-corrected chi connectivity index (χ4v) is 4.93. The highest BCUT2D eigenvalue weighted by Crippen LogP contribution is 2.34. The van der Waals surface area contributed by atoms with E-state index in [2.05, 4.69) is 22.0 Å². The molecule has 0 N–H and O–H groups in total. The van der Waals surface area contributed by atoms with Crippen molar-refractivity contribution in [2.75, 3.05) is 13.2 Å². The molecule has 0 amide bonds. The van der Waals surface area contributed by atoms with Crippen LogP contribution in [0.15, 0.2) is 41.5 Å². The summed E-state index contributed by atoms with van der Waals surface area (Å²) in [6, 6.07) is 7.90. The first kappa shape index (κ1) is 19.3. The number of rotatable bonds is 2. The van der Waals surface area contributed by atoms with Crippen molar-refractivity contribution in [3.63, 3.8) is 0 Å². The third kappa shape index (κ3) is 3.13. The average Bonchev–Trinajstić information content (AvgIpc) is 3.11. The van der Waals surface area contributed by atoms with Gasteiger partial charge in [0.05, 0.1) is 24.1 Å². The van der Waals surface area contributed by atoms with Gasteiger partial charge in [0.15, 0.2) is 17.3 Å². The zero-order chi connectivity index (χ0) is 21.7. The summed E-state index contributed by atoms with van der Waals surface area (Å²) in [6.45, 7) is 3.50. The van der Waals surface area contributed by atoms with E-state index in [1.165, 1.54) is 12.8 Å². The number of benzene rings is 1. The summed E-state index contributed by atoms with van der Waals surface area (Å²) in [6.07, 6.45) is 9.00. The number of hydrogen-bond acceptors (Lipinski definition) is 6. The predicted octanol–water partition coefficient (Wildman–Crippen LogP) is 4.02. The average molecular weight is 431 g/mol. The molecule has 0 saturated heterocycles. The van der Waals surface area contributed by atoms with Gasteiger partial charge in [-0.3, -0.25) is 4.79 Å². The normalized spacial score (nSPS) is 21.0. The molecule has 1 aliphatic heterocycles. The minimum absolute atomic E-state index is 0.0109. The fraction of sp³-hybridized carbons (Fsp3) is 0.417. The molecule has 0 spiro atoms. The molecule has 4 aromatic rings. The quantitative estimate of drug-likeness (QED) is 0.477. The minimum atomic E-state index is -0.0109. The van der Waals surface area contributed by atoms with E-state index in [4.69, 9.17) is 9.47 Å². The molecule has 0 radical (unpaired) electrons. The van der Waals surface area contributed by atoms with Gasteiger partial charge >= 0.3 is 0 Å². The van der Waals surface area contributed by atoms with E-state index < -0.39 is 0 Å². The maximum Gasteiger partial charge on any atom is 0.261 e. The second kappa shape index (κ2) is 7.62. The SMILES string of the molecule is CC1CCCCC1n1ccc2c(cnc3nc(-c4ccc5c(c4)OCCCO5)nn32)c1=O. The summed E-state index contributed by atoms with van der Waals surface area (Å²) in [5.74, 6) is 2.92. The molecule has 1 saturated carbocycles. The number of nitrogens with zero attached hydrogens (tertiary/aromatic N) is 5. The van der Waals surface area contributed by atoms with Crippen LogP contribution in [0.5, 0.6) is 11.5 Å². The Morgan fingerprint density at radius 3 is 2.75 bits per heavy atom. The Morgan fingerprint density at radius 2 is 1.88 bits per heavy atom. The molecule has 2 atom stereocenters. The van der Waals surface area contributed by atoms with Crippen LogP contribution < -0.4 is 15.0 Å². The zero-order valence-electron chi connectivity index (χ0n) is 18.0. The monoisotopic (exact) mass is 431 g/mol. The maximum atomic E-state index is 13.3. The van der Waals surface area contributed by atoms with Crippen molar-refractivity contribution in [1.82, 2.24) is 24.1 Å². The molecule has 4 heterocycles. The first-order valence-electron chi connectivity index (χ1n) is 11.4. The van der Waals surface area contributed by atoms with Crippen LogP contribution in [-0.2, 0) is 0 Å². The molecular formula is C24H25N5O3. The van der Waals surface area contributed by atoms with Crippen LogP contribution in [0.3, 0.4) is 0 Å². The Hall–Kier alpha value is -3.42. The third-order valence-corrected chi connectivity index (χ3v) is 6.69. The molecule has 32 heavy (non-hydrogen) atoms. The van der Waals surface area contributed by atoms with Gasteiger partial charge in [-0.15, -0.1) is 5.10 Å². The van der Waals surface area contributed by atoms with Gasteiger partial charge < -0.3 is 14.0 Å². The largest absolute Gasteiger partial charge is 0.490 e. The first-order chi connectivity index (χ1) is 15.7. The van der Waals surface area contributed by atoms with E-state index in [-0.39, 0.29) is 11.6 Å². The van der Waals surface area contributed by atoms with Gasteiger partial charge in [0.2, 0.25) is 0 Å². The summed E-state index contributed by atoms with van der Waals surface area (Å²) in [4.78, 5) is 22.4. The van der Waals surface area contributed by atoms with Crippen molar-refractivity contribution in [3.8, 4) is 22.9 Å². The van der Waals surface area contributed by atoms with Crippen molar-refractivity contribution in [3.05, 3.63) is 47.0 Å². The van der Waals surface area contributed by atoms with Gasteiger partial charge in [-0.1, -0.05) is 19.8 Å². The number of ether oxygens (including phenoxy) is 2. The van der Waals surface area contributed by atoms with Crippen LogP contribution in [-0.4, -0.2) is 37.4 Å². The summed E-state index contributed by atoms with van der Waals surface area (Å²) >= 11 is 0. The number of aromatic nitrogens is 5. The van der Waals surface area contributed by atoms with Gasteiger partial charge in [0.1, 0.15) is 0 Å². The van der Waals surface area contributed by atoms with E-state index in [0.717, 1.165) is 30.6 Å². The van der Waals surface area contributed by atoms with E-state index in [9.17, 15) is 4.79 Å². The first-order valence-corrected chi connectivity index (χ1v) is 11.4. The standard InChI is InChI=1S/C24H25N5O3/c1-15-5-2-3-6-18(15)28-10-9-19-17(23(28)30)14-25-24-26-22(27-29(19)24)16-7-8-20-21(13-16)32-12-4-11-31-20/h7-10,13-15,18H,2-6,11-12H2,1H3. The van der Waals surface area contributed by atoms with Crippen molar-refractivity contribution in [2.45, 2.75) is 45.1 Å². The van der Waals surface area contributed by atoms with Crippen molar-refractivity contribution in [2.24, 2.45) is 5.92 Å². The van der Waals surface area contributed by atoms with Crippen LogP contribution in [0.2, 0.25) is 0 Å². The second-order valence-corrected chi connectivity index (χ2v) is 8.77. The number of fused-ring (bicyclic) bond motifs is 4. The molecule has 1 aromatic carbocycles. The molecule has 6 rings (SSSR count). The van der Waals surface area contributed by atoms with Gasteiger partial charge in [0, 0.05) is 30.4 Å². The highest BCUT2D eigenvalue weighted by Gasteiger charge is 2.24. The number of hydrogen-bond donors (Lipinski definition) is 0. The summed E-state index contributed by atoms with van der Waals surface area (Å²) in [5.41, 5.74) is 1.52. The molecule has 8 nitrogen and oxygen atoms in total. The lowest BCUT2D eigenvalue weighted by atomic mass is 9.85. The van der Waals surface area contributed by atoms with Gasteiger partial charge in [-0.05, 0) is 43.0 Å². The van der Waals surface area contributed by atoms with Crippen LogP contribution in [0, 0.1) is 5.92 Å². The lowest BCUT2D eigenvalue weighted by molar-refractivity contribution is 0.253. The van der Waals surface area contributed by atoms with E-state index in [1.807, 2.05) is 35.0 Å². The van der Waals surface area contributed by atoms with Crippen molar-refractivity contribution in [1.29, 1.82) is 0 Å². The van der Waals surface area contributed by atoms with Crippen LogP contribution in [0.25, 0.3) is 28.1 Å². The maximum absolute atomic E-state index is 13.3. The molecule has 3 aromatic heterocycles. The smallest absolute Gasteiger partial charge is 0.261 e. The number of pyridine rings is 1. The third-order valence-electron chi connectivity index (χ3n) is 6.69. The Kier molecular flexibility index (Phi) is 4.59. The van der Waals surface area contributed by atoms with Crippen LogP contribution in [0.1, 0.15) is 45.1 Å². The predicted molar refractivity (Wildman–Crippen MR) is 120 cm³/mol. The van der Waals surface area contributed by atoms with E-state index in [1.54, 1.807) is 10.7 Å². The Balaban J connectivity index is 1.44. The molecule has 1 fully saturated rings. The van der Waals surface area contributed by atoms with Crippen molar-refractivity contribution < 1.29 is 9.47 Å². The molecule has 0 bridgehead atoms.